The largest absolute Gasteiger partial charge is 0.493 e. The molecule has 0 spiro atoms. The average molecular weight is 505 g/mol. The van der Waals surface area contributed by atoms with Gasteiger partial charge in [0, 0.05) is 22.1 Å². The Bertz CT molecular complexity index is 1500. The number of carbonyl (C=O) groups excluding carboxylic acids is 1. The quantitative estimate of drug-likeness (QED) is 0.398. The Morgan fingerprint density at radius 3 is 2.73 bits per heavy atom. The van der Waals surface area contributed by atoms with Crippen LogP contribution in [-0.2, 0) is 0 Å². The number of likely N-dealkylation sites (tertiary alicyclic amines) is 1. The first-order valence-corrected chi connectivity index (χ1v) is 11.6. The molecule has 2 N–H and O–H groups in total. The van der Waals surface area contributed by atoms with Crippen molar-refractivity contribution in [2.24, 2.45) is 0 Å². The van der Waals surface area contributed by atoms with E-state index < -0.39 is 0 Å². The molecule has 2 unspecified atom stereocenters. The van der Waals surface area contributed by atoms with Crippen LogP contribution in [0.5, 0.6) is 5.88 Å². The summed E-state index contributed by atoms with van der Waals surface area (Å²) in [5.41, 5.74) is 2.60. The van der Waals surface area contributed by atoms with Gasteiger partial charge in [-0.05, 0) is 48.6 Å². The van der Waals surface area contributed by atoms with Gasteiger partial charge in [-0.25, -0.2) is 14.2 Å². The van der Waals surface area contributed by atoms with E-state index in [1.54, 1.807) is 9.47 Å². The molecule has 3 heterocycles. The number of benzene rings is 3. The second kappa shape index (κ2) is 7.25. The van der Waals surface area contributed by atoms with Gasteiger partial charge < -0.3 is 15.3 Å². The summed E-state index contributed by atoms with van der Waals surface area (Å²) in [7, 11) is 0. The van der Waals surface area contributed by atoms with Crippen LogP contribution in [-0.4, -0.2) is 31.7 Å². The third-order valence-corrected chi connectivity index (χ3v) is 7.62. The van der Waals surface area contributed by atoms with Crippen molar-refractivity contribution >= 4 is 38.4 Å². The van der Waals surface area contributed by atoms with Crippen LogP contribution < -0.4 is 11.0 Å². The van der Waals surface area contributed by atoms with Crippen LogP contribution in [0.15, 0.2) is 69.9 Å². The summed E-state index contributed by atoms with van der Waals surface area (Å²) in [6.45, 7) is 2.39. The van der Waals surface area contributed by atoms with Gasteiger partial charge in [0.25, 0.3) is 0 Å². The van der Waals surface area contributed by atoms with E-state index in [1.807, 2.05) is 67.6 Å². The van der Waals surface area contributed by atoms with Gasteiger partial charge in [0.1, 0.15) is 5.69 Å². The van der Waals surface area contributed by atoms with Crippen LogP contribution in [0.4, 0.5) is 10.5 Å². The van der Waals surface area contributed by atoms with Gasteiger partial charge in [0.15, 0.2) is 0 Å². The van der Waals surface area contributed by atoms with Crippen molar-refractivity contribution < 1.29 is 9.90 Å². The average Bonchev–Trinajstić information content (AvgIpc) is 3.47. The van der Waals surface area contributed by atoms with Gasteiger partial charge in [-0.3, -0.25) is 4.57 Å². The van der Waals surface area contributed by atoms with Gasteiger partial charge in [-0.15, -0.1) is 0 Å². The van der Waals surface area contributed by atoms with Gasteiger partial charge in [-0.1, -0.05) is 52.3 Å². The van der Waals surface area contributed by atoms with E-state index in [1.165, 1.54) is 4.57 Å². The number of hydrogen-bond donors (Lipinski definition) is 2. The van der Waals surface area contributed by atoms with E-state index >= 15 is 0 Å². The maximum atomic E-state index is 13.4. The van der Waals surface area contributed by atoms with Crippen LogP contribution >= 0.6 is 15.9 Å². The SMILES string of the molecule is Cc1cc(NC(=O)N2CC3CC2c2c(O)n(-c4cccc5ccccc45)c(=O)n23)ccc1Br. The number of aromatic hydroxyl groups is 1. The highest BCUT2D eigenvalue weighted by Crippen LogP contribution is 2.49. The molecule has 0 saturated carbocycles. The monoisotopic (exact) mass is 504 g/mol. The second-order valence-electron chi connectivity index (χ2n) is 8.65. The van der Waals surface area contributed by atoms with Crippen molar-refractivity contribution in [3.8, 4) is 11.6 Å². The minimum Gasteiger partial charge on any atom is -0.493 e. The highest BCUT2D eigenvalue weighted by atomic mass is 79.9. The zero-order valence-electron chi connectivity index (χ0n) is 17.8. The number of rotatable bonds is 2. The molecule has 2 atom stereocenters. The van der Waals surface area contributed by atoms with Crippen molar-refractivity contribution in [3.05, 3.63) is 86.9 Å². The zero-order chi connectivity index (χ0) is 22.9. The number of imidazole rings is 1. The number of nitrogens with zero attached hydrogens (tertiary/aromatic N) is 3. The Balaban J connectivity index is 1.38. The van der Waals surface area contributed by atoms with E-state index in [4.69, 9.17) is 0 Å². The standard InChI is InChI=1S/C25H21BrN4O3/c1-14-11-16(9-10-19(14)26)27-24(32)28-13-17-12-21(28)22-23(31)30(25(33)29(17)22)20-8-4-6-15-5-2-3-7-18(15)20/h2-11,17,21,31H,12-13H2,1H3,(H,27,32). The molecule has 2 aliphatic heterocycles. The molecular weight excluding hydrogens is 484 g/mol. The van der Waals surface area contributed by atoms with E-state index in [0.717, 1.165) is 20.8 Å². The molecule has 6 rings (SSSR count). The molecule has 4 aromatic rings. The fraction of sp³-hybridized carbons (Fsp3) is 0.200. The lowest BCUT2D eigenvalue weighted by atomic mass is 10.1. The van der Waals surface area contributed by atoms with Crippen molar-refractivity contribution in [1.29, 1.82) is 0 Å². The molecule has 7 nitrogen and oxygen atoms in total. The first kappa shape index (κ1) is 20.1. The van der Waals surface area contributed by atoms with Crippen LogP contribution in [0.2, 0.25) is 0 Å². The highest BCUT2D eigenvalue weighted by Gasteiger charge is 2.49. The predicted octanol–water partition coefficient (Wildman–Crippen LogP) is 5.10. The first-order valence-electron chi connectivity index (χ1n) is 10.8. The Kier molecular flexibility index (Phi) is 4.42. The normalized spacial score (nSPS) is 18.7. The Hall–Kier alpha value is -3.52. The number of aryl methyl sites for hydroxylation is 1. The molecule has 166 valence electrons. The van der Waals surface area contributed by atoms with Crippen LogP contribution in [0.1, 0.15) is 29.8 Å². The molecular formula is C25H21BrN4O3. The number of carbonyl (C=O) groups is 1. The summed E-state index contributed by atoms with van der Waals surface area (Å²) < 4.78 is 4.01. The van der Waals surface area contributed by atoms with E-state index in [2.05, 4.69) is 21.2 Å². The molecule has 2 amide bonds. The molecule has 33 heavy (non-hydrogen) atoms. The third-order valence-electron chi connectivity index (χ3n) is 6.74. The maximum absolute atomic E-state index is 13.4. The summed E-state index contributed by atoms with van der Waals surface area (Å²) in [6.07, 6.45) is 0.626. The number of amides is 2. The zero-order valence-corrected chi connectivity index (χ0v) is 19.4. The number of anilines is 1. The molecule has 0 aliphatic carbocycles. The van der Waals surface area contributed by atoms with Gasteiger partial charge >= 0.3 is 11.7 Å². The summed E-state index contributed by atoms with van der Waals surface area (Å²) in [4.78, 5) is 28.2. The topological polar surface area (TPSA) is 79.5 Å². The predicted molar refractivity (Wildman–Crippen MR) is 130 cm³/mol. The highest BCUT2D eigenvalue weighted by molar-refractivity contribution is 9.10. The number of aromatic nitrogens is 2. The van der Waals surface area contributed by atoms with Crippen molar-refractivity contribution in [2.75, 3.05) is 11.9 Å². The lowest BCUT2D eigenvalue weighted by Crippen LogP contribution is -2.40. The molecule has 0 radical (unpaired) electrons. The molecule has 2 aliphatic rings. The van der Waals surface area contributed by atoms with Crippen molar-refractivity contribution in [2.45, 2.75) is 25.4 Å². The number of fused-ring (bicyclic) bond motifs is 6. The number of hydrogen-bond acceptors (Lipinski definition) is 3. The Morgan fingerprint density at radius 2 is 1.91 bits per heavy atom. The molecule has 1 aromatic heterocycles. The third kappa shape index (κ3) is 2.94. The minimum absolute atomic E-state index is 0.0964. The minimum atomic E-state index is -0.351. The summed E-state index contributed by atoms with van der Waals surface area (Å²) in [5, 5.41) is 16.0. The fourth-order valence-corrected chi connectivity index (χ4v) is 5.46. The molecule has 3 aromatic carbocycles. The Morgan fingerprint density at radius 1 is 1.12 bits per heavy atom. The van der Waals surface area contributed by atoms with Gasteiger partial charge in [0.2, 0.25) is 5.88 Å². The van der Waals surface area contributed by atoms with Crippen LogP contribution in [0.3, 0.4) is 0 Å². The van der Waals surface area contributed by atoms with E-state index in [9.17, 15) is 14.7 Å². The fourth-order valence-electron chi connectivity index (χ4n) is 5.21. The lowest BCUT2D eigenvalue weighted by Gasteiger charge is -2.27. The Labute approximate surface area is 198 Å². The van der Waals surface area contributed by atoms with E-state index in [0.29, 0.717) is 30.0 Å². The number of halogens is 1. The summed E-state index contributed by atoms with van der Waals surface area (Å²) in [6, 6.07) is 18.4. The first-order chi connectivity index (χ1) is 15.9. The lowest BCUT2D eigenvalue weighted by molar-refractivity contribution is 0.198. The molecule has 2 bridgehead atoms. The number of urea groups is 1. The van der Waals surface area contributed by atoms with Crippen LogP contribution in [0, 0.1) is 6.92 Å². The van der Waals surface area contributed by atoms with E-state index in [-0.39, 0.29) is 29.7 Å². The summed E-state index contributed by atoms with van der Waals surface area (Å²) in [5.74, 6) is -0.0964. The number of nitrogens with one attached hydrogen (secondary N) is 1. The molecule has 1 saturated heterocycles. The summed E-state index contributed by atoms with van der Waals surface area (Å²) >= 11 is 3.47. The van der Waals surface area contributed by atoms with Crippen molar-refractivity contribution in [1.82, 2.24) is 14.0 Å². The van der Waals surface area contributed by atoms with Crippen molar-refractivity contribution in [3.63, 3.8) is 0 Å². The van der Waals surface area contributed by atoms with Gasteiger partial charge in [-0.2, -0.15) is 0 Å². The molecule has 8 heteroatoms. The van der Waals surface area contributed by atoms with Gasteiger partial charge in [0.05, 0.1) is 17.8 Å². The second-order valence-corrected chi connectivity index (χ2v) is 9.50. The molecule has 1 fully saturated rings. The maximum Gasteiger partial charge on any atom is 0.336 e. The smallest absolute Gasteiger partial charge is 0.336 e. The van der Waals surface area contributed by atoms with Crippen LogP contribution in [0.25, 0.3) is 16.5 Å².